The van der Waals surface area contributed by atoms with E-state index in [0.717, 1.165) is 83.5 Å². The second-order valence-corrected chi connectivity index (χ2v) is 18.9. The number of phosphoric acid groups is 1. The van der Waals surface area contributed by atoms with Crippen LogP contribution in [-0.2, 0) is 32.7 Å². The summed E-state index contributed by atoms with van der Waals surface area (Å²) in [6.45, 7) is 4.27. The van der Waals surface area contributed by atoms with Gasteiger partial charge in [-0.15, -0.1) is 0 Å². The van der Waals surface area contributed by atoms with E-state index < -0.39 is 26.5 Å². The Balaban J connectivity index is 4.36. The van der Waals surface area contributed by atoms with Crippen LogP contribution in [-0.4, -0.2) is 74.9 Å². The van der Waals surface area contributed by atoms with Crippen molar-refractivity contribution in [2.75, 3.05) is 47.5 Å². The van der Waals surface area contributed by atoms with Crippen LogP contribution in [0.1, 0.15) is 187 Å². The Morgan fingerprint density at radius 1 is 0.508 bits per heavy atom. The predicted octanol–water partition coefficient (Wildman–Crippen LogP) is 14.7. The number of ether oxygens (including phenoxy) is 2. The molecule has 2 unspecified atom stereocenters. The molecule has 2 atom stereocenters. The number of carbonyl (C=O) groups excluding carboxylic acids is 2. The first-order valence-electron chi connectivity index (χ1n) is 24.8. The number of quaternary nitrogens is 1. The fourth-order valence-corrected chi connectivity index (χ4v) is 7.09. The van der Waals surface area contributed by atoms with Crippen LogP contribution in [0, 0.1) is 0 Å². The zero-order chi connectivity index (χ0) is 46.4. The molecule has 362 valence electrons. The van der Waals surface area contributed by atoms with Crippen LogP contribution in [0.15, 0.2) is 85.1 Å². The Bertz CT molecular complexity index is 1340. The first-order valence-corrected chi connectivity index (χ1v) is 26.3. The average molecular weight is 903 g/mol. The maximum atomic E-state index is 12.7. The van der Waals surface area contributed by atoms with Crippen molar-refractivity contribution in [1.29, 1.82) is 0 Å². The van der Waals surface area contributed by atoms with Crippen LogP contribution in [0.5, 0.6) is 0 Å². The smallest absolute Gasteiger partial charge is 0.462 e. The van der Waals surface area contributed by atoms with Gasteiger partial charge in [-0.25, -0.2) is 4.57 Å². The van der Waals surface area contributed by atoms with Gasteiger partial charge < -0.3 is 18.9 Å². The molecule has 0 amide bonds. The Labute approximate surface area is 386 Å². The first kappa shape index (κ1) is 60.2. The number of phosphoric ester groups is 1. The second kappa shape index (κ2) is 44.4. The summed E-state index contributed by atoms with van der Waals surface area (Å²) in [6.07, 6.45) is 57.8. The summed E-state index contributed by atoms with van der Waals surface area (Å²) in [5.74, 6) is -0.839. The maximum absolute atomic E-state index is 12.7. The number of esters is 2. The van der Waals surface area contributed by atoms with Gasteiger partial charge in [0.1, 0.15) is 19.8 Å². The topological polar surface area (TPSA) is 108 Å². The predicted molar refractivity (Wildman–Crippen MR) is 265 cm³/mol. The largest absolute Gasteiger partial charge is 0.472 e. The lowest BCUT2D eigenvalue weighted by molar-refractivity contribution is -0.870. The summed E-state index contributed by atoms with van der Waals surface area (Å²) in [4.78, 5) is 35.5. The molecule has 0 rings (SSSR count). The lowest BCUT2D eigenvalue weighted by Gasteiger charge is -2.24. The molecule has 9 nitrogen and oxygen atoms in total. The zero-order valence-electron chi connectivity index (χ0n) is 40.8. The van der Waals surface area contributed by atoms with Crippen LogP contribution in [0.25, 0.3) is 0 Å². The lowest BCUT2D eigenvalue weighted by Crippen LogP contribution is -2.37. The molecule has 0 radical (unpaired) electrons. The van der Waals surface area contributed by atoms with E-state index in [-0.39, 0.29) is 32.0 Å². The second-order valence-electron chi connectivity index (χ2n) is 17.5. The minimum absolute atomic E-state index is 0.0214. The molecule has 63 heavy (non-hydrogen) atoms. The van der Waals surface area contributed by atoms with Gasteiger partial charge in [0.25, 0.3) is 0 Å². The summed E-state index contributed by atoms with van der Waals surface area (Å²) in [6, 6.07) is 0. The molecule has 0 aromatic heterocycles. The van der Waals surface area contributed by atoms with Crippen molar-refractivity contribution in [1.82, 2.24) is 0 Å². The normalized spacial score (nSPS) is 14.2. The molecular formula is C53H93NO8P+. The number of unbranched alkanes of at least 4 members (excludes halogenated alkanes) is 16. The molecule has 0 saturated heterocycles. The minimum Gasteiger partial charge on any atom is -0.462 e. The third-order valence-corrected chi connectivity index (χ3v) is 11.2. The molecule has 0 aliphatic carbocycles. The van der Waals surface area contributed by atoms with Crippen LogP contribution in [0.2, 0.25) is 0 Å². The number of allylic oxidation sites excluding steroid dienone is 14. The van der Waals surface area contributed by atoms with Crippen molar-refractivity contribution < 1.29 is 42.1 Å². The number of rotatable bonds is 44. The van der Waals surface area contributed by atoms with Gasteiger partial charge in [-0.2, -0.15) is 0 Å². The van der Waals surface area contributed by atoms with E-state index in [1.54, 1.807) is 0 Å². The Hall–Kier alpha value is -2.81. The molecule has 0 fully saturated rings. The third-order valence-electron chi connectivity index (χ3n) is 10.2. The highest BCUT2D eigenvalue weighted by Gasteiger charge is 2.27. The van der Waals surface area contributed by atoms with Gasteiger partial charge in [-0.3, -0.25) is 18.6 Å². The summed E-state index contributed by atoms with van der Waals surface area (Å²) >= 11 is 0. The SMILES string of the molecule is CC/C=C\C/C=C\C/C=C\C/C=C\C/C=C\C/C=C\C/C=C\CCCCCC(=O)OC(COC(=O)CCCCCCCCCCCCCCCC)COP(=O)(O)OCC[N+](C)(C)C. The maximum Gasteiger partial charge on any atom is 0.472 e. The fourth-order valence-electron chi connectivity index (χ4n) is 6.35. The van der Waals surface area contributed by atoms with E-state index in [0.29, 0.717) is 17.4 Å². The van der Waals surface area contributed by atoms with Crippen LogP contribution >= 0.6 is 7.82 Å². The molecule has 1 N–H and O–H groups in total. The molecule has 0 heterocycles. The van der Waals surface area contributed by atoms with Gasteiger partial charge in [-0.1, -0.05) is 189 Å². The van der Waals surface area contributed by atoms with Crippen molar-refractivity contribution in [3.8, 4) is 0 Å². The monoisotopic (exact) mass is 903 g/mol. The van der Waals surface area contributed by atoms with Crippen molar-refractivity contribution in [2.45, 2.75) is 193 Å². The van der Waals surface area contributed by atoms with E-state index in [4.69, 9.17) is 18.5 Å². The molecule has 0 aliphatic rings. The van der Waals surface area contributed by atoms with E-state index in [1.165, 1.54) is 70.6 Å². The van der Waals surface area contributed by atoms with Crippen LogP contribution < -0.4 is 0 Å². The highest BCUT2D eigenvalue weighted by atomic mass is 31.2. The standard InChI is InChI=1S/C53H92NO8P/c1-6-8-10-12-14-16-18-20-22-23-24-25-26-27-28-29-30-31-32-34-36-38-40-42-44-46-53(56)62-51(50-61-63(57,58)60-48-47-54(3,4)5)49-59-52(55)45-43-41-39-37-35-33-21-19-17-15-13-11-9-7-2/h8,10,14,16,20,22,24-25,27-28,30-31,34,36,51H,6-7,9,11-13,15,17-19,21,23,26,29,32-33,35,37-50H2,1-5H3/p+1/b10-8-,16-14-,22-20-,25-24-,28-27-,31-30-,36-34-. The molecule has 0 aliphatic heterocycles. The molecule has 0 aromatic rings. The van der Waals surface area contributed by atoms with Gasteiger partial charge in [0.15, 0.2) is 6.10 Å². The molecule has 0 saturated carbocycles. The fraction of sp³-hybridized carbons (Fsp3) is 0.698. The molecule has 0 aromatic carbocycles. The van der Waals surface area contributed by atoms with Gasteiger partial charge in [0, 0.05) is 12.8 Å². The van der Waals surface area contributed by atoms with Crippen molar-refractivity contribution in [2.24, 2.45) is 0 Å². The number of hydrogen-bond donors (Lipinski definition) is 1. The summed E-state index contributed by atoms with van der Waals surface area (Å²) in [5.41, 5.74) is 0. The highest BCUT2D eigenvalue weighted by molar-refractivity contribution is 7.47. The van der Waals surface area contributed by atoms with E-state index in [2.05, 4.69) is 98.9 Å². The van der Waals surface area contributed by atoms with Gasteiger partial charge >= 0.3 is 19.8 Å². The van der Waals surface area contributed by atoms with E-state index >= 15 is 0 Å². The number of likely N-dealkylation sites (N-methyl/N-ethyl adjacent to an activating group) is 1. The molecule has 0 spiro atoms. The Morgan fingerprint density at radius 3 is 1.35 bits per heavy atom. The molecule has 0 bridgehead atoms. The highest BCUT2D eigenvalue weighted by Crippen LogP contribution is 2.43. The number of carbonyl (C=O) groups is 2. The Morgan fingerprint density at radius 2 is 0.905 bits per heavy atom. The van der Waals surface area contributed by atoms with Crippen LogP contribution in [0.3, 0.4) is 0 Å². The summed E-state index contributed by atoms with van der Waals surface area (Å²) < 4.78 is 34.4. The van der Waals surface area contributed by atoms with E-state index in [1.807, 2.05) is 21.1 Å². The molecular weight excluding hydrogens is 810 g/mol. The Kier molecular flexibility index (Phi) is 42.4. The van der Waals surface area contributed by atoms with Gasteiger partial charge in [-0.05, 0) is 70.6 Å². The zero-order valence-corrected chi connectivity index (χ0v) is 41.7. The first-order chi connectivity index (χ1) is 30.5. The summed E-state index contributed by atoms with van der Waals surface area (Å²) in [5, 5.41) is 0. The third kappa shape index (κ3) is 48.5. The van der Waals surface area contributed by atoms with Crippen molar-refractivity contribution in [3.05, 3.63) is 85.1 Å². The molecule has 10 heteroatoms. The summed E-state index contributed by atoms with van der Waals surface area (Å²) in [7, 11) is 1.44. The van der Waals surface area contributed by atoms with Crippen molar-refractivity contribution >= 4 is 19.8 Å². The van der Waals surface area contributed by atoms with Crippen molar-refractivity contribution in [3.63, 3.8) is 0 Å². The van der Waals surface area contributed by atoms with Crippen LogP contribution in [0.4, 0.5) is 0 Å². The van der Waals surface area contributed by atoms with Gasteiger partial charge in [0.2, 0.25) is 0 Å². The quantitative estimate of drug-likeness (QED) is 0.0212. The van der Waals surface area contributed by atoms with Gasteiger partial charge in [0.05, 0.1) is 27.7 Å². The number of nitrogens with zero attached hydrogens (tertiary/aromatic N) is 1. The minimum atomic E-state index is -4.39. The van der Waals surface area contributed by atoms with E-state index in [9.17, 15) is 19.0 Å². The average Bonchev–Trinajstić information content (AvgIpc) is 3.24. The lowest BCUT2D eigenvalue weighted by atomic mass is 10.0. The number of hydrogen-bond acceptors (Lipinski definition) is 7.